The highest BCUT2D eigenvalue weighted by atomic mass is 31.2. The number of rotatable bonds is 9. The number of hydrogen-bond acceptors (Lipinski definition) is 4. The van der Waals surface area contributed by atoms with Gasteiger partial charge in [0.15, 0.2) is 0 Å². The van der Waals surface area contributed by atoms with Crippen LogP contribution in [-0.4, -0.2) is 17.9 Å². The predicted molar refractivity (Wildman–Crippen MR) is 104 cm³/mol. The summed E-state index contributed by atoms with van der Waals surface area (Å²) in [6, 6.07) is 15.2. The van der Waals surface area contributed by atoms with Crippen LogP contribution in [-0.2, 0) is 13.6 Å². The lowest BCUT2D eigenvalue weighted by molar-refractivity contribution is 0.00578. The molecule has 0 aliphatic heterocycles. The van der Waals surface area contributed by atoms with Crippen molar-refractivity contribution in [1.82, 2.24) is 0 Å². The minimum Gasteiger partial charge on any atom is -0.372 e. The minimum absolute atomic E-state index is 0.284. The van der Waals surface area contributed by atoms with E-state index in [0.717, 1.165) is 0 Å². The number of hydrogen-bond donors (Lipinski definition) is 1. The van der Waals surface area contributed by atoms with Crippen LogP contribution in [0, 0.1) is 0 Å². The molecule has 0 spiro atoms. The van der Waals surface area contributed by atoms with Gasteiger partial charge in [-0.15, -0.1) is 0 Å². The zero-order valence-corrected chi connectivity index (χ0v) is 16.8. The van der Waals surface area contributed by atoms with Gasteiger partial charge < -0.3 is 14.4 Å². The Morgan fingerprint density at radius 3 is 1.74 bits per heavy atom. The molecule has 0 radical (unpaired) electrons. The average Bonchev–Trinajstić information content (AvgIpc) is 2.59. The van der Waals surface area contributed by atoms with Crippen molar-refractivity contribution in [3.63, 3.8) is 0 Å². The zero-order valence-electron chi connectivity index (χ0n) is 15.9. The van der Waals surface area contributed by atoms with Crippen molar-refractivity contribution in [2.75, 3.05) is 5.32 Å². The maximum Gasteiger partial charge on any atom is 0.402 e. The molecule has 0 aliphatic carbocycles. The SMILES string of the molecule is CC(C)OP(=O)(OC(C)C)C(F)(F)C(Nc1ccccc1)c1ccccc1. The molecule has 0 saturated heterocycles. The largest absolute Gasteiger partial charge is 0.402 e. The van der Waals surface area contributed by atoms with E-state index >= 15 is 8.78 Å². The Morgan fingerprint density at radius 1 is 0.852 bits per heavy atom. The number of alkyl halides is 2. The molecular weight excluding hydrogens is 371 g/mol. The lowest BCUT2D eigenvalue weighted by Gasteiger charge is -2.35. The van der Waals surface area contributed by atoms with E-state index in [1.165, 1.54) is 0 Å². The standard InChI is InChI=1S/C20H26F2NO3P/c1-15(2)25-27(24,26-16(3)4)20(21,22)19(17-11-7-5-8-12-17)23-18-13-9-6-10-14-18/h5-16,19,23H,1-4H3. The molecule has 2 aromatic carbocycles. The van der Waals surface area contributed by atoms with E-state index in [0.29, 0.717) is 5.69 Å². The first-order valence-corrected chi connectivity index (χ1v) is 10.4. The highest BCUT2D eigenvalue weighted by molar-refractivity contribution is 7.55. The molecule has 1 unspecified atom stereocenters. The van der Waals surface area contributed by atoms with Crippen LogP contribution in [0.2, 0.25) is 0 Å². The summed E-state index contributed by atoms with van der Waals surface area (Å²) in [6.07, 6.45) is -1.37. The van der Waals surface area contributed by atoms with Gasteiger partial charge in [-0.1, -0.05) is 48.5 Å². The van der Waals surface area contributed by atoms with Gasteiger partial charge in [0.1, 0.15) is 6.04 Å². The second-order valence-electron chi connectivity index (χ2n) is 6.75. The topological polar surface area (TPSA) is 47.6 Å². The quantitative estimate of drug-likeness (QED) is 0.492. The Morgan fingerprint density at radius 2 is 1.30 bits per heavy atom. The van der Waals surface area contributed by atoms with Crippen LogP contribution >= 0.6 is 7.60 Å². The fraction of sp³-hybridized carbons (Fsp3) is 0.400. The summed E-state index contributed by atoms with van der Waals surface area (Å²) >= 11 is 0. The van der Waals surface area contributed by atoms with Gasteiger partial charge in [0.2, 0.25) is 0 Å². The second kappa shape index (κ2) is 8.96. The summed E-state index contributed by atoms with van der Waals surface area (Å²) in [5.74, 6) is 0. The molecule has 0 aromatic heterocycles. The molecule has 2 aromatic rings. The van der Waals surface area contributed by atoms with Crippen molar-refractivity contribution >= 4 is 13.3 Å². The lowest BCUT2D eigenvalue weighted by atomic mass is 10.1. The van der Waals surface area contributed by atoms with Gasteiger partial charge in [-0.25, -0.2) is 0 Å². The van der Waals surface area contributed by atoms with E-state index in [1.807, 2.05) is 0 Å². The molecule has 0 bridgehead atoms. The number of benzene rings is 2. The van der Waals surface area contributed by atoms with Gasteiger partial charge in [0.25, 0.3) is 0 Å². The lowest BCUT2D eigenvalue weighted by Crippen LogP contribution is -2.35. The maximum absolute atomic E-state index is 15.7. The number of anilines is 1. The fourth-order valence-corrected chi connectivity index (χ4v) is 4.57. The molecule has 148 valence electrons. The highest BCUT2D eigenvalue weighted by Gasteiger charge is 2.60. The molecule has 0 saturated carbocycles. The van der Waals surface area contributed by atoms with Gasteiger partial charge in [0.05, 0.1) is 12.2 Å². The van der Waals surface area contributed by atoms with Crippen molar-refractivity contribution < 1.29 is 22.4 Å². The summed E-state index contributed by atoms with van der Waals surface area (Å²) in [5, 5.41) is 2.81. The van der Waals surface area contributed by atoms with E-state index < -0.39 is 31.5 Å². The normalized spacial score (nSPS) is 13.8. The van der Waals surface area contributed by atoms with Gasteiger partial charge in [0, 0.05) is 5.69 Å². The van der Waals surface area contributed by atoms with Gasteiger partial charge in [-0.2, -0.15) is 8.78 Å². The first kappa shape index (κ1) is 21.5. The Bertz CT molecular complexity index is 740. The van der Waals surface area contributed by atoms with Gasteiger partial charge in [-0.3, -0.25) is 4.57 Å². The molecule has 0 aliphatic rings. The van der Waals surface area contributed by atoms with Crippen molar-refractivity contribution in [1.29, 1.82) is 0 Å². The van der Waals surface area contributed by atoms with Crippen LogP contribution in [0.4, 0.5) is 14.5 Å². The summed E-state index contributed by atoms with van der Waals surface area (Å²) in [5.41, 5.74) is -3.04. The molecule has 2 rings (SSSR count). The Labute approximate surface area is 159 Å². The molecule has 0 fully saturated rings. The minimum atomic E-state index is -4.79. The van der Waals surface area contributed by atoms with Crippen LogP contribution in [0.25, 0.3) is 0 Å². The average molecular weight is 397 g/mol. The molecule has 0 amide bonds. The molecule has 1 atom stereocenters. The third-order valence-electron chi connectivity index (χ3n) is 3.63. The molecule has 27 heavy (non-hydrogen) atoms. The summed E-state index contributed by atoms with van der Waals surface area (Å²) in [4.78, 5) is 0. The van der Waals surface area contributed by atoms with Crippen molar-refractivity contribution in [2.24, 2.45) is 0 Å². The molecular formula is C20H26F2NO3P. The third kappa shape index (κ3) is 5.38. The molecule has 7 heteroatoms. The van der Waals surface area contributed by atoms with Gasteiger partial charge >= 0.3 is 13.3 Å². The maximum atomic E-state index is 15.7. The third-order valence-corrected chi connectivity index (χ3v) is 6.02. The molecule has 0 heterocycles. The van der Waals surface area contributed by atoms with Crippen LogP contribution in [0.5, 0.6) is 0 Å². The number of halogens is 2. The van der Waals surface area contributed by atoms with E-state index in [-0.39, 0.29) is 5.56 Å². The van der Waals surface area contributed by atoms with Crippen molar-refractivity contribution in [3.05, 3.63) is 66.2 Å². The molecule has 1 N–H and O–H groups in total. The summed E-state index contributed by atoms with van der Waals surface area (Å²) < 4.78 is 54.9. The summed E-state index contributed by atoms with van der Waals surface area (Å²) in [6.45, 7) is 6.20. The van der Waals surface area contributed by atoms with Gasteiger partial charge in [-0.05, 0) is 45.4 Å². The monoisotopic (exact) mass is 397 g/mol. The second-order valence-corrected chi connectivity index (χ2v) is 8.76. The Balaban J connectivity index is 2.51. The first-order valence-electron chi connectivity index (χ1n) is 8.87. The van der Waals surface area contributed by atoms with Crippen molar-refractivity contribution in [2.45, 2.75) is 51.6 Å². The van der Waals surface area contributed by atoms with Crippen LogP contribution in [0.3, 0.4) is 0 Å². The first-order chi connectivity index (χ1) is 12.7. The molecule has 4 nitrogen and oxygen atoms in total. The predicted octanol–water partition coefficient (Wildman–Crippen LogP) is 6.48. The van der Waals surface area contributed by atoms with Crippen LogP contribution in [0.1, 0.15) is 39.3 Å². The number of nitrogens with one attached hydrogen (secondary N) is 1. The Kier molecular flexibility index (Phi) is 7.15. The van der Waals surface area contributed by atoms with E-state index in [4.69, 9.17) is 9.05 Å². The van der Waals surface area contributed by atoms with Crippen LogP contribution < -0.4 is 5.32 Å². The zero-order chi connectivity index (χ0) is 20.1. The van der Waals surface area contributed by atoms with Crippen LogP contribution in [0.15, 0.2) is 60.7 Å². The van der Waals surface area contributed by atoms with E-state index in [9.17, 15) is 4.57 Å². The highest BCUT2D eigenvalue weighted by Crippen LogP contribution is 2.67. The Hall–Kier alpha value is -1.75. The van der Waals surface area contributed by atoms with Crippen molar-refractivity contribution in [3.8, 4) is 0 Å². The fourth-order valence-electron chi connectivity index (χ4n) is 2.60. The summed E-state index contributed by atoms with van der Waals surface area (Å²) in [7, 11) is -4.79. The van der Waals surface area contributed by atoms with E-state index in [2.05, 4.69) is 5.32 Å². The number of para-hydroxylation sites is 1. The smallest absolute Gasteiger partial charge is 0.372 e. The van der Waals surface area contributed by atoms with E-state index in [1.54, 1.807) is 88.4 Å².